The molecule has 1 saturated carbocycles. The van der Waals surface area contributed by atoms with E-state index in [0.29, 0.717) is 11.1 Å². The molecular weight excluding hydrogens is 673 g/mol. The van der Waals surface area contributed by atoms with Crippen molar-refractivity contribution in [2.45, 2.75) is 56.8 Å². The van der Waals surface area contributed by atoms with Crippen LogP contribution in [0.5, 0.6) is 17.2 Å². The van der Waals surface area contributed by atoms with Crippen molar-refractivity contribution in [1.29, 1.82) is 0 Å². The van der Waals surface area contributed by atoms with Gasteiger partial charge >= 0.3 is 0 Å². The molecule has 0 radical (unpaired) electrons. The Bertz CT molecular complexity index is 2100. The fourth-order valence-electron chi connectivity index (χ4n) is 8.46. The van der Waals surface area contributed by atoms with Crippen molar-refractivity contribution in [3.63, 3.8) is 0 Å². The van der Waals surface area contributed by atoms with Crippen LogP contribution in [0.3, 0.4) is 0 Å². The van der Waals surface area contributed by atoms with Gasteiger partial charge in [-0.2, -0.15) is 0 Å². The number of methoxy groups -OCH3 is 3. The molecular formula is C48H48O6. The van der Waals surface area contributed by atoms with Crippen molar-refractivity contribution in [1.82, 2.24) is 0 Å². The molecule has 1 aliphatic rings. The lowest BCUT2D eigenvalue weighted by Gasteiger charge is -2.43. The van der Waals surface area contributed by atoms with Crippen LogP contribution in [0.25, 0.3) is 33.4 Å². The first-order valence-corrected chi connectivity index (χ1v) is 18.6. The minimum absolute atomic E-state index is 0.108. The number of benzene rings is 6. The normalized spacial score (nSPS) is 15.3. The van der Waals surface area contributed by atoms with Gasteiger partial charge in [0.05, 0.1) is 19.8 Å². The van der Waals surface area contributed by atoms with E-state index in [4.69, 9.17) is 14.2 Å². The molecule has 1 fully saturated rings. The molecule has 0 amide bonds. The minimum Gasteiger partial charge on any atom is -0.507 e. The lowest BCUT2D eigenvalue weighted by Crippen LogP contribution is -2.34. The zero-order chi connectivity index (χ0) is 37.7. The van der Waals surface area contributed by atoms with Gasteiger partial charge in [0.2, 0.25) is 0 Å². The second-order valence-corrected chi connectivity index (χ2v) is 14.4. The largest absolute Gasteiger partial charge is 0.507 e. The zero-order valence-corrected chi connectivity index (χ0v) is 31.2. The molecule has 7 rings (SSSR count). The van der Waals surface area contributed by atoms with Crippen LogP contribution in [0.1, 0.15) is 65.0 Å². The Morgan fingerprint density at radius 3 is 1.31 bits per heavy atom. The molecule has 0 spiro atoms. The van der Waals surface area contributed by atoms with E-state index in [1.54, 1.807) is 21.3 Å². The molecule has 6 heteroatoms. The van der Waals surface area contributed by atoms with Gasteiger partial charge in [-0.15, -0.1) is 0 Å². The molecule has 6 nitrogen and oxygen atoms in total. The number of hydrogen-bond donors (Lipinski definition) is 3. The predicted molar refractivity (Wildman–Crippen MR) is 215 cm³/mol. The summed E-state index contributed by atoms with van der Waals surface area (Å²) in [5.41, 5.74) is 9.99. The maximum Gasteiger partial charge on any atom is 0.128 e. The second kappa shape index (κ2) is 16.3. The van der Waals surface area contributed by atoms with Crippen LogP contribution in [0.4, 0.5) is 0 Å². The van der Waals surface area contributed by atoms with Gasteiger partial charge in [0, 0.05) is 60.1 Å². The maximum absolute atomic E-state index is 11.7. The van der Waals surface area contributed by atoms with Crippen molar-refractivity contribution >= 4 is 0 Å². The average Bonchev–Trinajstić information content (AvgIpc) is 3.21. The van der Waals surface area contributed by atoms with E-state index >= 15 is 0 Å². The number of phenols is 3. The molecule has 0 bridgehead atoms. The van der Waals surface area contributed by atoms with E-state index in [-0.39, 0.29) is 43.0 Å². The Morgan fingerprint density at radius 1 is 0.519 bits per heavy atom. The summed E-state index contributed by atoms with van der Waals surface area (Å²) in [4.78, 5) is 0. The van der Waals surface area contributed by atoms with Crippen LogP contribution in [0, 0.1) is 0 Å². The molecule has 3 N–H and O–H groups in total. The third-order valence-corrected chi connectivity index (χ3v) is 11.1. The molecule has 0 aliphatic heterocycles. The highest BCUT2D eigenvalue weighted by atomic mass is 16.5. The van der Waals surface area contributed by atoms with E-state index in [0.717, 1.165) is 81.3 Å². The Morgan fingerprint density at radius 2 is 0.907 bits per heavy atom. The summed E-state index contributed by atoms with van der Waals surface area (Å²) in [5.74, 6) is 0.761. The number of rotatable bonds is 12. The summed E-state index contributed by atoms with van der Waals surface area (Å²) < 4.78 is 16.9. The first-order chi connectivity index (χ1) is 26.4. The Labute approximate surface area is 318 Å². The predicted octanol–water partition coefficient (Wildman–Crippen LogP) is 10.9. The van der Waals surface area contributed by atoms with E-state index in [2.05, 4.69) is 36.4 Å². The molecule has 0 heterocycles. The summed E-state index contributed by atoms with van der Waals surface area (Å²) in [6, 6.07) is 42.8. The minimum atomic E-state index is -0.547. The van der Waals surface area contributed by atoms with Crippen LogP contribution in [-0.4, -0.2) is 36.6 Å². The molecule has 0 aromatic heterocycles. The molecule has 276 valence electrons. The molecule has 1 unspecified atom stereocenters. The Kier molecular flexibility index (Phi) is 11.2. The fraction of sp³-hybridized carbons (Fsp3) is 0.250. The smallest absolute Gasteiger partial charge is 0.128 e. The van der Waals surface area contributed by atoms with Crippen LogP contribution in [-0.2, 0) is 39.4 Å². The monoisotopic (exact) mass is 720 g/mol. The van der Waals surface area contributed by atoms with E-state index in [1.165, 1.54) is 0 Å². The van der Waals surface area contributed by atoms with Gasteiger partial charge < -0.3 is 29.5 Å². The summed E-state index contributed by atoms with van der Waals surface area (Å²) in [6.07, 6.45) is 3.47. The SMILES string of the molecule is COCc1cc(C2CCCC(c3cc(COC)c(O)c(-c4ccccc4)c3)(c3cc(COC)c(O)c(-c4ccccc4)c3)C2)cc(-c2ccccc2)c1O. The molecule has 54 heavy (non-hydrogen) atoms. The first-order valence-electron chi connectivity index (χ1n) is 18.6. The second-order valence-electron chi connectivity index (χ2n) is 14.4. The van der Waals surface area contributed by atoms with Crippen molar-refractivity contribution in [2.75, 3.05) is 21.3 Å². The van der Waals surface area contributed by atoms with Crippen LogP contribution in [0.15, 0.2) is 127 Å². The fourth-order valence-corrected chi connectivity index (χ4v) is 8.46. The summed E-state index contributed by atoms with van der Waals surface area (Å²) in [6.45, 7) is 0.782. The highest BCUT2D eigenvalue weighted by molar-refractivity contribution is 5.76. The van der Waals surface area contributed by atoms with Gasteiger partial charge in [0.15, 0.2) is 0 Å². The lowest BCUT2D eigenvalue weighted by molar-refractivity contribution is 0.181. The molecule has 1 atom stereocenters. The number of ether oxygens (including phenoxy) is 3. The standard InChI is InChI=1S/C48H48O6/c1-52-29-37-22-36(25-42(45(37)49)32-14-7-4-8-15-32)35-20-13-21-48(28-35,40-23-38(30-53-2)46(50)43(26-40)33-16-9-5-10-17-33)41-24-39(31-54-3)47(51)44(27-41)34-18-11-6-12-19-34/h4-12,14-19,22-27,35,49-51H,13,20-21,28-31H2,1-3H3. The van der Waals surface area contributed by atoms with Crippen LogP contribution >= 0.6 is 0 Å². The third kappa shape index (κ3) is 7.25. The van der Waals surface area contributed by atoms with Gasteiger partial charge in [-0.25, -0.2) is 0 Å². The highest BCUT2D eigenvalue weighted by Crippen LogP contribution is 2.54. The Hall–Kier alpha value is -5.40. The van der Waals surface area contributed by atoms with Crippen molar-refractivity contribution in [2.24, 2.45) is 0 Å². The third-order valence-electron chi connectivity index (χ3n) is 11.1. The highest BCUT2D eigenvalue weighted by Gasteiger charge is 2.42. The summed E-state index contributed by atoms with van der Waals surface area (Å²) in [7, 11) is 4.95. The number of phenolic OH excluding ortho intramolecular Hbond substituents is 3. The molecule has 6 aromatic carbocycles. The number of aromatic hydroxyl groups is 3. The van der Waals surface area contributed by atoms with Crippen molar-refractivity contribution < 1.29 is 29.5 Å². The van der Waals surface area contributed by atoms with Gasteiger partial charge in [-0.05, 0) is 95.0 Å². The maximum atomic E-state index is 11.7. The van der Waals surface area contributed by atoms with Gasteiger partial charge in [0.25, 0.3) is 0 Å². The Balaban J connectivity index is 1.49. The van der Waals surface area contributed by atoms with Crippen molar-refractivity contribution in [3.05, 3.63) is 161 Å². The van der Waals surface area contributed by atoms with Crippen LogP contribution in [0.2, 0.25) is 0 Å². The average molecular weight is 721 g/mol. The van der Waals surface area contributed by atoms with Gasteiger partial charge in [-0.3, -0.25) is 0 Å². The van der Waals surface area contributed by atoms with Crippen LogP contribution < -0.4 is 0 Å². The topological polar surface area (TPSA) is 88.4 Å². The quantitative estimate of drug-likeness (QED) is 0.117. The first kappa shape index (κ1) is 36.9. The van der Waals surface area contributed by atoms with E-state index in [1.807, 2.05) is 91.0 Å². The summed E-state index contributed by atoms with van der Waals surface area (Å²) in [5, 5.41) is 34.9. The van der Waals surface area contributed by atoms with Gasteiger partial charge in [-0.1, -0.05) is 97.4 Å². The van der Waals surface area contributed by atoms with Crippen molar-refractivity contribution in [3.8, 4) is 50.6 Å². The molecule has 1 aliphatic carbocycles. The van der Waals surface area contributed by atoms with E-state index in [9.17, 15) is 15.3 Å². The number of hydrogen-bond acceptors (Lipinski definition) is 6. The lowest BCUT2D eigenvalue weighted by atomic mass is 9.60. The summed E-state index contributed by atoms with van der Waals surface area (Å²) >= 11 is 0. The van der Waals surface area contributed by atoms with E-state index < -0.39 is 5.41 Å². The zero-order valence-electron chi connectivity index (χ0n) is 31.2. The molecule has 6 aromatic rings. The van der Waals surface area contributed by atoms with Gasteiger partial charge in [0.1, 0.15) is 17.2 Å². The molecule has 0 saturated heterocycles.